The van der Waals surface area contributed by atoms with Crippen LogP contribution in [0.25, 0.3) is 0 Å². The third kappa shape index (κ3) is 9.62. The minimum atomic E-state index is -0.472. The molecule has 1 aromatic carbocycles. The lowest BCUT2D eigenvalue weighted by Gasteiger charge is -2.26. The molecule has 0 fully saturated rings. The van der Waals surface area contributed by atoms with Gasteiger partial charge in [0.1, 0.15) is 0 Å². The molecule has 0 aliphatic carbocycles. The fourth-order valence-electron chi connectivity index (χ4n) is 3.07. The summed E-state index contributed by atoms with van der Waals surface area (Å²) in [5.74, 6) is 0. The molecule has 0 saturated heterocycles. The quantitative estimate of drug-likeness (QED) is 0.372. The summed E-state index contributed by atoms with van der Waals surface area (Å²) in [5.41, 5.74) is 3.28. The van der Waals surface area contributed by atoms with E-state index in [1.165, 1.54) is 0 Å². The normalized spacial score (nSPS) is 16.5. The Bertz CT molecular complexity index is 509. The van der Waals surface area contributed by atoms with Crippen molar-refractivity contribution in [1.82, 2.24) is 10.2 Å². The number of rotatable bonds is 12. The van der Waals surface area contributed by atoms with Gasteiger partial charge in [0.15, 0.2) is 0 Å². The average Bonchev–Trinajstić information content (AvgIpc) is 2.47. The zero-order valence-corrected chi connectivity index (χ0v) is 16.5. The van der Waals surface area contributed by atoms with E-state index in [2.05, 4.69) is 11.4 Å². The molecule has 0 radical (unpaired) electrons. The van der Waals surface area contributed by atoms with Gasteiger partial charge in [0.05, 0.1) is 24.4 Å². The van der Waals surface area contributed by atoms with Gasteiger partial charge in [0.2, 0.25) is 0 Å². The van der Waals surface area contributed by atoms with Crippen LogP contribution in [0.3, 0.4) is 0 Å². The van der Waals surface area contributed by atoms with Gasteiger partial charge in [0.25, 0.3) is 0 Å². The van der Waals surface area contributed by atoms with E-state index in [1.54, 1.807) is 27.7 Å². The molecular formula is C20H36N2O4. The summed E-state index contributed by atoms with van der Waals surface area (Å²) in [4.78, 5) is 2.04. The van der Waals surface area contributed by atoms with Crippen LogP contribution in [0.5, 0.6) is 0 Å². The van der Waals surface area contributed by atoms with Crippen molar-refractivity contribution in [2.75, 3.05) is 19.6 Å². The van der Waals surface area contributed by atoms with Gasteiger partial charge in [-0.25, -0.2) is 0 Å². The average molecular weight is 369 g/mol. The maximum absolute atomic E-state index is 9.74. The fourth-order valence-corrected chi connectivity index (χ4v) is 3.07. The number of aliphatic hydroxyl groups excluding tert-OH is 4. The Kier molecular flexibility index (Phi) is 10.3. The summed E-state index contributed by atoms with van der Waals surface area (Å²) >= 11 is 0. The molecule has 6 heteroatoms. The van der Waals surface area contributed by atoms with Gasteiger partial charge in [0, 0.05) is 32.7 Å². The summed E-state index contributed by atoms with van der Waals surface area (Å²) in [5, 5.41) is 41.8. The predicted molar refractivity (Wildman–Crippen MR) is 104 cm³/mol. The van der Waals surface area contributed by atoms with Crippen LogP contribution in [0.1, 0.15) is 44.4 Å². The first-order valence-electron chi connectivity index (χ1n) is 9.43. The molecular weight excluding hydrogens is 332 g/mol. The second-order valence-corrected chi connectivity index (χ2v) is 7.53. The minimum absolute atomic E-state index is 0.402. The highest BCUT2D eigenvalue weighted by molar-refractivity contribution is 5.32. The highest BCUT2D eigenvalue weighted by atomic mass is 16.3. The Balaban J connectivity index is 2.96. The smallest absolute Gasteiger partial charge is 0.0639 e. The molecule has 26 heavy (non-hydrogen) atoms. The zero-order chi connectivity index (χ0) is 19.7. The monoisotopic (exact) mass is 368 g/mol. The second-order valence-electron chi connectivity index (χ2n) is 7.53. The molecule has 1 rings (SSSR count). The summed E-state index contributed by atoms with van der Waals surface area (Å²) in [6.45, 7) is 9.71. The van der Waals surface area contributed by atoms with Gasteiger partial charge in [-0.3, -0.25) is 4.90 Å². The summed E-state index contributed by atoms with van der Waals surface area (Å²) in [7, 11) is 0. The summed E-state index contributed by atoms with van der Waals surface area (Å²) in [6, 6.07) is 6.15. The second kappa shape index (κ2) is 11.6. The first-order chi connectivity index (χ1) is 12.2. The Labute approximate surface area is 157 Å². The topological polar surface area (TPSA) is 96.2 Å². The Hall–Kier alpha value is -1.02. The standard InChI is InChI=1S/C20H36N2O4/c1-14(23)7-18-5-6-19(20(8-18)10-21-9-15(2)24)13-22(11-16(3)25)12-17(4)26/h5-6,8,14-17,21,23-26H,7,9-13H2,1-4H3. The molecule has 0 heterocycles. The van der Waals surface area contributed by atoms with Crippen LogP contribution in [0, 0.1) is 0 Å². The van der Waals surface area contributed by atoms with E-state index in [0.29, 0.717) is 39.1 Å². The maximum atomic E-state index is 9.74. The van der Waals surface area contributed by atoms with Crippen molar-refractivity contribution in [2.24, 2.45) is 0 Å². The fraction of sp³-hybridized carbons (Fsp3) is 0.700. The molecule has 0 aromatic heterocycles. The highest BCUT2D eigenvalue weighted by Gasteiger charge is 2.14. The first-order valence-corrected chi connectivity index (χ1v) is 9.43. The molecule has 4 atom stereocenters. The molecule has 4 unspecified atom stereocenters. The van der Waals surface area contributed by atoms with Crippen molar-refractivity contribution < 1.29 is 20.4 Å². The Morgan fingerprint density at radius 3 is 1.96 bits per heavy atom. The molecule has 0 aliphatic heterocycles. The van der Waals surface area contributed by atoms with Crippen LogP contribution < -0.4 is 5.32 Å². The maximum Gasteiger partial charge on any atom is 0.0639 e. The lowest BCUT2D eigenvalue weighted by Crippen LogP contribution is -2.36. The number of nitrogens with zero attached hydrogens (tertiary/aromatic N) is 1. The lowest BCUT2D eigenvalue weighted by atomic mass is 9.99. The van der Waals surface area contributed by atoms with E-state index < -0.39 is 24.4 Å². The number of nitrogens with one attached hydrogen (secondary N) is 1. The summed E-state index contributed by atoms with van der Waals surface area (Å²) < 4.78 is 0. The van der Waals surface area contributed by atoms with E-state index in [0.717, 1.165) is 16.7 Å². The Morgan fingerprint density at radius 1 is 0.846 bits per heavy atom. The highest BCUT2D eigenvalue weighted by Crippen LogP contribution is 2.17. The van der Waals surface area contributed by atoms with Crippen molar-refractivity contribution in [2.45, 2.75) is 71.6 Å². The van der Waals surface area contributed by atoms with Crippen LogP contribution in [0.4, 0.5) is 0 Å². The number of hydrogen-bond acceptors (Lipinski definition) is 6. The number of aliphatic hydroxyl groups is 4. The van der Waals surface area contributed by atoms with Crippen molar-refractivity contribution in [3.63, 3.8) is 0 Å². The van der Waals surface area contributed by atoms with E-state index in [9.17, 15) is 20.4 Å². The first kappa shape index (κ1) is 23.0. The van der Waals surface area contributed by atoms with Crippen LogP contribution in [-0.4, -0.2) is 69.4 Å². The number of hydrogen-bond donors (Lipinski definition) is 5. The van der Waals surface area contributed by atoms with Crippen molar-refractivity contribution in [3.05, 3.63) is 34.9 Å². The van der Waals surface area contributed by atoms with E-state index in [4.69, 9.17) is 0 Å². The largest absolute Gasteiger partial charge is 0.393 e. The SMILES string of the molecule is CC(O)CNCc1cc(CC(C)O)ccc1CN(CC(C)O)CC(C)O. The van der Waals surface area contributed by atoms with Crippen molar-refractivity contribution in [1.29, 1.82) is 0 Å². The number of benzene rings is 1. The molecule has 0 bridgehead atoms. The lowest BCUT2D eigenvalue weighted by molar-refractivity contribution is 0.0792. The van der Waals surface area contributed by atoms with Crippen LogP contribution in [0.15, 0.2) is 18.2 Å². The van der Waals surface area contributed by atoms with Crippen LogP contribution in [0.2, 0.25) is 0 Å². The molecule has 0 spiro atoms. The van der Waals surface area contributed by atoms with Crippen LogP contribution in [-0.2, 0) is 19.5 Å². The van der Waals surface area contributed by atoms with E-state index in [1.807, 2.05) is 17.0 Å². The van der Waals surface area contributed by atoms with E-state index in [-0.39, 0.29) is 0 Å². The molecule has 0 aliphatic rings. The molecule has 6 nitrogen and oxygen atoms in total. The van der Waals surface area contributed by atoms with Gasteiger partial charge >= 0.3 is 0 Å². The van der Waals surface area contributed by atoms with Gasteiger partial charge in [-0.1, -0.05) is 18.2 Å². The molecule has 1 aromatic rings. The predicted octanol–water partition coefficient (Wildman–Crippen LogP) is 0.644. The molecule has 0 saturated carbocycles. The van der Waals surface area contributed by atoms with Crippen molar-refractivity contribution >= 4 is 0 Å². The Morgan fingerprint density at radius 2 is 1.46 bits per heavy atom. The summed E-state index contributed by atoms with van der Waals surface area (Å²) in [6.07, 6.45) is -1.17. The van der Waals surface area contributed by atoms with Crippen molar-refractivity contribution in [3.8, 4) is 0 Å². The van der Waals surface area contributed by atoms with Gasteiger partial charge in [-0.15, -0.1) is 0 Å². The molecule has 150 valence electrons. The van der Waals surface area contributed by atoms with Gasteiger partial charge in [-0.05, 0) is 50.8 Å². The van der Waals surface area contributed by atoms with Gasteiger partial charge in [-0.2, -0.15) is 0 Å². The van der Waals surface area contributed by atoms with E-state index >= 15 is 0 Å². The minimum Gasteiger partial charge on any atom is -0.393 e. The van der Waals surface area contributed by atoms with Crippen LogP contribution >= 0.6 is 0 Å². The zero-order valence-electron chi connectivity index (χ0n) is 16.5. The third-order valence-electron chi connectivity index (χ3n) is 4.00. The molecule has 5 N–H and O–H groups in total. The molecule has 0 amide bonds. The third-order valence-corrected chi connectivity index (χ3v) is 4.00. The van der Waals surface area contributed by atoms with Gasteiger partial charge < -0.3 is 25.7 Å².